The van der Waals surface area contributed by atoms with Crippen LogP contribution in [-0.2, 0) is 17.4 Å². The van der Waals surface area contributed by atoms with Crippen LogP contribution >= 0.6 is 0 Å². The molecule has 2 rings (SSSR count). The third-order valence-corrected chi connectivity index (χ3v) is 3.12. The van der Waals surface area contributed by atoms with Crippen molar-refractivity contribution < 1.29 is 9.76 Å². The highest BCUT2D eigenvalue weighted by Gasteiger charge is 2.05. The van der Waals surface area contributed by atoms with Crippen LogP contribution in [0.1, 0.15) is 11.1 Å². The first-order valence-electron chi connectivity index (χ1n) is 7.06. The highest BCUT2D eigenvalue weighted by molar-refractivity contribution is 6.29. The third kappa shape index (κ3) is 5.84. The topological polar surface area (TPSA) is 41.8 Å². The summed E-state index contributed by atoms with van der Waals surface area (Å²) in [6.45, 7) is 0.00738. The van der Waals surface area contributed by atoms with Gasteiger partial charge in [0.05, 0.1) is 12.6 Å². The Labute approximate surface area is 126 Å². The molecule has 21 heavy (non-hydrogen) atoms. The first-order valence-corrected chi connectivity index (χ1v) is 7.06. The number of hydrogen-bond acceptors (Lipinski definition) is 3. The third-order valence-electron chi connectivity index (χ3n) is 3.12. The molecule has 0 fully saturated rings. The maximum absolute atomic E-state index is 9.34. The van der Waals surface area contributed by atoms with Crippen molar-refractivity contribution in [1.82, 2.24) is 0 Å². The molecule has 0 aliphatic heterocycles. The predicted octanol–water partition coefficient (Wildman–Crippen LogP) is 2.45. The Bertz CT molecular complexity index is 531. The maximum Gasteiger partial charge on any atom is 0.375 e. The molecule has 0 unspecified atom stereocenters. The van der Waals surface area contributed by atoms with Gasteiger partial charge in [0.15, 0.2) is 6.40 Å². The molecular weight excluding hydrogens is 261 g/mol. The number of aliphatic hydroxyl groups is 1. The van der Waals surface area contributed by atoms with Crippen molar-refractivity contribution in [2.24, 2.45) is 4.99 Å². The van der Waals surface area contributed by atoms with Gasteiger partial charge in [0.2, 0.25) is 0 Å². The second-order valence-corrected chi connectivity index (χ2v) is 4.77. The highest BCUT2D eigenvalue weighted by atomic mass is 16.4. The van der Waals surface area contributed by atoms with Crippen LogP contribution in [0.4, 0.5) is 0 Å². The summed E-state index contributed by atoms with van der Waals surface area (Å²) in [6.07, 6.45) is 2.85. The molecule has 1 radical (unpaired) electrons. The quantitative estimate of drug-likeness (QED) is 0.349. The fraction of sp³-hybridized carbons (Fsp3) is 0.235. The predicted molar refractivity (Wildman–Crippen MR) is 86.5 cm³/mol. The zero-order valence-corrected chi connectivity index (χ0v) is 11.9. The minimum Gasteiger partial charge on any atom is -0.555 e. The molecular formula is C17H19BNO2. The molecule has 0 aromatic heterocycles. The van der Waals surface area contributed by atoms with E-state index in [1.54, 1.807) is 7.48 Å². The van der Waals surface area contributed by atoms with Gasteiger partial charge < -0.3 is 9.76 Å². The lowest BCUT2D eigenvalue weighted by molar-refractivity contribution is 0.265. The highest BCUT2D eigenvalue weighted by Crippen LogP contribution is 2.05. The summed E-state index contributed by atoms with van der Waals surface area (Å²) in [6, 6.07) is 19.9. The lowest BCUT2D eigenvalue weighted by atomic mass is 9.90. The van der Waals surface area contributed by atoms with Crippen LogP contribution in [0.2, 0.25) is 0 Å². The van der Waals surface area contributed by atoms with E-state index in [2.05, 4.69) is 4.99 Å². The monoisotopic (exact) mass is 280 g/mol. The first kappa shape index (κ1) is 15.3. The van der Waals surface area contributed by atoms with E-state index in [1.165, 1.54) is 12.0 Å². The van der Waals surface area contributed by atoms with Gasteiger partial charge in [0.25, 0.3) is 0 Å². The van der Waals surface area contributed by atoms with Crippen LogP contribution in [0.3, 0.4) is 0 Å². The minimum absolute atomic E-state index is 0.00738. The molecule has 0 aliphatic carbocycles. The number of rotatable bonds is 8. The van der Waals surface area contributed by atoms with E-state index in [-0.39, 0.29) is 12.6 Å². The van der Waals surface area contributed by atoms with E-state index in [0.29, 0.717) is 6.42 Å². The van der Waals surface area contributed by atoms with Gasteiger partial charge in [0.1, 0.15) is 0 Å². The maximum atomic E-state index is 9.34. The largest absolute Gasteiger partial charge is 0.555 e. The summed E-state index contributed by atoms with van der Waals surface area (Å²) in [5.74, 6) is 0. The van der Waals surface area contributed by atoms with Crippen molar-refractivity contribution in [3.8, 4) is 0 Å². The second kappa shape index (κ2) is 8.98. The molecule has 107 valence electrons. The lowest BCUT2D eigenvalue weighted by Gasteiger charge is -2.09. The van der Waals surface area contributed by atoms with Gasteiger partial charge >= 0.3 is 7.48 Å². The Morgan fingerprint density at radius 3 is 2.24 bits per heavy atom. The zero-order valence-electron chi connectivity index (χ0n) is 11.9. The van der Waals surface area contributed by atoms with Crippen LogP contribution < -0.4 is 0 Å². The summed E-state index contributed by atoms with van der Waals surface area (Å²) in [5.41, 5.74) is 2.34. The van der Waals surface area contributed by atoms with E-state index in [4.69, 9.17) is 4.65 Å². The van der Waals surface area contributed by atoms with Gasteiger partial charge in [-0.3, -0.25) is 4.99 Å². The molecule has 0 spiro atoms. The van der Waals surface area contributed by atoms with E-state index in [1.807, 2.05) is 60.7 Å². The van der Waals surface area contributed by atoms with Crippen molar-refractivity contribution in [2.45, 2.75) is 18.8 Å². The Morgan fingerprint density at radius 1 is 1.00 bits per heavy atom. The van der Waals surface area contributed by atoms with Crippen LogP contribution in [-0.4, -0.2) is 31.6 Å². The molecule has 2 aromatic carbocycles. The average molecular weight is 280 g/mol. The van der Waals surface area contributed by atoms with Gasteiger partial charge in [-0.25, -0.2) is 0 Å². The van der Waals surface area contributed by atoms with Crippen LogP contribution in [0, 0.1) is 0 Å². The van der Waals surface area contributed by atoms with Gasteiger partial charge in [-0.05, 0) is 18.3 Å². The Kier molecular flexibility index (Phi) is 6.55. The van der Waals surface area contributed by atoms with Gasteiger partial charge in [-0.15, -0.1) is 0 Å². The van der Waals surface area contributed by atoms with Crippen molar-refractivity contribution in [3.05, 3.63) is 71.8 Å². The van der Waals surface area contributed by atoms with E-state index < -0.39 is 0 Å². The minimum atomic E-state index is -0.169. The zero-order chi connectivity index (χ0) is 14.8. The number of hydrogen-bond donors (Lipinski definition) is 1. The molecule has 3 nitrogen and oxygen atoms in total. The van der Waals surface area contributed by atoms with Crippen LogP contribution in [0.5, 0.6) is 0 Å². The fourth-order valence-corrected chi connectivity index (χ4v) is 1.97. The molecule has 0 bridgehead atoms. The van der Waals surface area contributed by atoms with Crippen LogP contribution in [0.15, 0.2) is 65.7 Å². The summed E-state index contributed by atoms with van der Waals surface area (Å²) in [4.78, 5) is 4.24. The molecule has 4 heteroatoms. The Morgan fingerprint density at radius 2 is 1.62 bits per heavy atom. The molecule has 1 atom stereocenters. The van der Waals surface area contributed by atoms with Crippen LogP contribution in [0.25, 0.3) is 0 Å². The van der Waals surface area contributed by atoms with Crippen molar-refractivity contribution in [3.63, 3.8) is 0 Å². The molecule has 0 aliphatic rings. The lowest BCUT2D eigenvalue weighted by Crippen LogP contribution is -2.15. The van der Waals surface area contributed by atoms with Gasteiger partial charge in [-0.2, -0.15) is 0 Å². The Hall–Kier alpha value is -2.07. The second-order valence-electron chi connectivity index (χ2n) is 4.77. The molecule has 2 aromatic rings. The van der Waals surface area contributed by atoms with Gasteiger partial charge in [0, 0.05) is 0 Å². The smallest absolute Gasteiger partial charge is 0.375 e. The number of nitrogens with zero attached hydrogens (tertiary/aromatic N) is 1. The summed E-state index contributed by atoms with van der Waals surface area (Å²) >= 11 is 0. The first-order chi connectivity index (χ1) is 10.4. The van der Waals surface area contributed by atoms with E-state index in [9.17, 15) is 5.11 Å². The average Bonchev–Trinajstić information content (AvgIpc) is 2.55. The number of benzene rings is 2. The molecule has 0 saturated heterocycles. The van der Waals surface area contributed by atoms with E-state index in [0.717, 1.165) is 11.9 Å². The Balaban J connectivity index is 1.71. The summed E-state index contributed by atoms with van der Waals surface area (Å²) in [5, 5.41) is 9.34. The van der Waals surface area contributed by atoms with Gasteiger partial charge in [-0.1, -0.05) is 66.2 Å². The summed E-state index contributed by atoms with van der Waals surface area (Å²) < 4.78 is 5.28. The van der Waals surface area contributed by atoms with E-state index >= 15 is 0 Å². The number of aliphatic imine (C=N–C) groups is 1. The molecule has 1 N–H and O–H groups in total. The SMILES string of the molecule is OC[C@H](Cc1ccccc1)N=CO[B]Cc1ccccc1. The normalized spacial score (nSPS) is 12.2. The van der Waals surface area contributed by atoms with Crippen molar-refractivity contribution in [1.29, 1.82) is 0 Å². The molecule has 0 amide bonds. The summed E-state index contributed by atoms with van der Waals surface area (Å²) in [7, 11) is 1.70. The molecule has 0 heterocycles. The van der Waals surface area contributed by atoms with Crippen molar-refractivity contribution >= 4 is 13.9 Å². The van der Waals surface area contributed by atoms with Crippen molar-refractivity contribution in [2.75, 3.05) is 6.61 Å². The number of aliphatic hydroxyl groups excluding tert-OH is 1. The fourth-order valence-electron chi connectivity index (χ4n) is 1.97. The standard InChI is InChI=1S/C17H19BNO2/c20-13-17(11-15-7-3-1-4-8-15)19-14-21-18-12-16-9-5-2-6-10-16/h1-10,14,17,20H,11-13H2/t17-/m0/s1. The molecule has 0 saturated carbocycles.